The molecule has 44 heavy (non-hydrogen) atoms. The Morgan fingerprint density at radius 2 is 1.09 bits per heavy atom. The molecule has 0 amide bonds. The molecule has 0 saturated heterocycles. The number of carboxylic acids is 2. The molecular weight excluding hydrogens is 603 g/mol. The molecular formula is C35H50CoN2O6. The molecule has 0 bridgehead atoms. The van der Waals surface area contributed by atoms with Crippen LogP contribution in [0.1, 0.15) is 107 Å². The van der Waals surface area contributed by atoms with Crippen molar-refractivity contribution in [1.82, 2.24) is 0 Å². The first-order chi connectivity index (χ1) is 20.1. The number of carbonyl (C=O) groups excluding carboxylic acids is 2. The van der Waals surface area contributed by atoms with Gasteiger partial charge in [0.15, 0.2) is 0 Å². The molecule has 2 aromatic carbocycles. The number of rotatable bonds is 10. The van der Waals surface area contributed by atoms with Crippen LogP contribution in [0.3, 0.4) is 0 Å². The number of benzene rings is 2. The average Bonchev–Trinajstić information content (AvgIpc) is 3.34. The zero-order chi connectivity index (χ0) is 32.7. The molecule has 1 aliphatic rings. The molecule has 1 radical (unpaired) electrons. The quantitative estimate of drug-likeness (QED) is 0.351. The monoisotopic (exact) mass is 653 g/mol. The fraction of sp³-hybridized carbons (Fsp3) is 0.543. The van der Waals surface area contributed by atoms with E-state index in [0.29, 0.717) is 23.3 Å². The van der Waals surface area contributed by atoms with Gasteiger partial charge in [0.25, 0.3) is 0 Å². The number of aliphatic carboxylic acids is 2. The maximum atomic E-state index is 10.6. The molecule has 0 aliphatic heterocycles. The van der Waals surface area contributed by atoms with Crippen molar-refractivity contribution in [3.63, 3.8) is 0 Å². The molecule has 0 heterocycles. The van der Waals surface area contributed by atoms with E-state index in [-0.39, 0.29) is 28.9 Å². The van der Waals surface area contributed by atoms with Gasteiger partial charge >= 0.3 is 16.8 Å². The molecule has 2 aromatic rings. The van der Waals surface area contributed by atoms with Crippen LogP contribution >= 0.6 is 0 Å². The number of hydrogen-bond donors (Lipinski definition) is 2. The Balaban J connectivity index is 0.00000183. The normalized spacial score (nSPS) is 16.0. The van der Waals surface area contributed by atoms with Gasteiger partial charge in [-0.15, -0.1) is 0 Å². The van der Waals surface area contributed by atoms with Gasteiger partial charge in [-0.3, -0.25) is 9.98 Å². The summed E-state index contributed by atoms with van der Waals surface area (Å²) in [6.45, 7) is 14.8. The summed E-state index contributed by atoms with van der Waals surface area (Å²) < 4.78 is 0. The fourth-order valence-corrected chi connectivity index (χ4v) is 4.78. The van der Waals surface area contributed by atoms with Crippen LogP contribution in [0.25, 0.3) is 0 Å². The second-order valence-electron chi connectivity index (χ2n) is 12.2. The summed E-state index contributed by atoms with van der Waals surface area (Å²) in [5.41, 5.74) is 5.89. The zero-order valence-corrected chi connectivity index (χ0v) is 28.5. The Morgan fingerprint density at radius 1 is 0.773 bits per heavy atom. The van der Waals surface area contributed by atoms with E-state index in [1.54, 1.807) is 0 Å². The van der Waals surface area contributed by atoms with Gasteiger partial charge in [0.05, 0.1) is 12.1 Å². The van der Waals surface area contributed by atoms with Crippen molar-refractivity contribution < 1.29 is 46.8 Å². The number of aryl methyl sites for hydroxylation is 4. The summed E-state index contributed by atoms with van der Waals surface area (Å²) in [7, 11) is 0. The third-order valence-electron chi connectivity index (χ3n) is 7.05. The summed E-state index contributed by atoms with van der Waals surface area (Å²) in [6.07, 6.45) is 11.0. The van der Waals surface area contributed by atoms with Crippen LogP contribution in [-0.2, 0) is 39.2 Å². The number of carboxylic acid groups (broad SMARTS) is 2. The van der Waals surface area contributed by atoms with E-state index in [4.69, 9.17) is 29.8 Å². The number of nitrogens with zero attached hydrogens (tertiary/aromatic N) is 2. The molecule has 2 atom stereocenters. The number of hydrogen-bond acceptors (Lipinski definition) is 8. The third-order valence-corrected chi connectivity index (χ3v) is 7.05. The molecule has 1 aliphatic carbocycles. The van der Waals surface area contributed by atoms with Crippen LogP contribution in [0.2, 0.25) is 0 Å². The second kappa shape index (κ2) is 20.7. The van der Waals surface area contributed by atoms with Gasteiger partial charge in [-0.1, -0.05) is 39.8 Å². The van der Waals surface area contributed by atoms with E-state index < -0.39 is 11.9 Å². The van der Waals surface area contributed by atoms with Crippen LogP contribution in [0.5, 0.6) is 11.5 Å². The summed E-state index contributed by atoms with van der Waals surface area (Å²) in [5, 5.41) is 39.0. The van der Waals surface area contributed by atoms with Gasteiger partial charge in [-0.2, -0.15) is 0 Å². The zero-order valence-electron chi connectivity index (χ0n) is 27.5. The SMILES string of the molecule is CC(=O)[O-].CC(=O)[O-].Cc1cc(CCC(C)C)cc(C=NC2CCCC2N=Cc2cc(CCC(C)C)cc(C)c2O)c1O.[Co+2]. The molecule has 8 nitrogen and oxygen atoms in total. The topological polar surface area (TPSA) is 145 Å². The van der Waals surface area contributed by atoms with Crippen LogP contribution in [0.4, 0.5) is 0 Å². The summed E-state index contributed by atoms with van der Waals surface area (Å²) in [6, 6.07) is 8.51. The Hall–Kier alpha value is -3.17. The van der Waals surface area contributed by atoms with Crippen LogP contribution in [-0.4, -0.2) is 46.7 Å². The van der Waals surface area contributed by atoms with Crippen molar-refractivity contribution in [3.8, 4) is 11.5 Å². The molecule has 2 unspecified atom stereocenters. The van der Waals surface area contributed by atoms with Crippen molar-refractivity contribution in [3.05, 3.63) is 57.6 Å². The van der Waals surface area contributed by atoms with Gasteiger partial charge in [0, 0.05) is 35.5 Å². The van der Waals surface area contributed by atoms with Gasteiger partial charge < -0.3 is 30.0 Å². The predicted molar refractivity (Wildman–Crippen MR) is 170 cm³/mol. The van der Waals surface area contributed by atoms with E-state index in [1.165, 1.54) is 11.1 Å². The maximum absolute atomic E-state index is 10.6. The summed E-state index contributed by atoms with van der Waals surface area (Å²) >= 11 is 0. The molecule has 0 spiro atoms. The van der Waals surface area contributed by atoms with Crippen molar-refractivity contribution in [1.29, 1.82) is 0 Å². The van der Waals surface area contributed by atoms with Gasteiger partial charge in [0.1, 0.15) is 11.5 Å². The minimum absolute atomic E-state index is 0. The number of phenols is 2. The first-order valence-electron chi connectivity index (χ1n) is 15.2. The molecule has 1 saturated carbocycles. The van der Waals surface area contributed by atoms with E-state index in [2.05, 4.69) is 52.0 Å². The molecule has 245 valence electrons. The van der Waals surface area contributed by atoms with Gasteiger partial charge in [-0.25, -0.2) is 0 Å². The van der Waals surface area contributed by atoms with Crippen LogP contribution in [0, 0.1) is 25.7 Å². The molecule has 1 fully saturated rings. The van der Waals surface area contributed by atoms with Crippen molar-refractivity contribution in [2.45, 2.75) is 112 Å². The van der Waals surface area contributed by atoms with Crippen molar-refractivity contribution in [2.24, 2.45) is 21.8 Å². The smallest absolute Gasteiger partial charge is 0.550 e. The molecule has 3 rings (SSSR count). The second-order valence-corrected chi connectivity index (χ2v) is 12.2. The molecule has 0 aromatic heterocycles. The molecule has 9 heteroatoms. The Kier molecular flexibility index (Phi) is 19.2. The molecule has 2 N–H and O–H groups in total. The number of aliphatic imine (C=N–C) groups is 2. The number of carbonyl (C=O) groups is 2. The largest absolute Gasteiger partial charge is 2.00 e. The van der Waals surface area contributed by atoms with Crippen LogP contribution < -0.4 is 10.2 Å². The minimum Gasteiger partial charge on any atom is -0.550 e. The van der Waals surface area contributed by atoms with E-state index in [9.17, 15) is 10.2 Å². The first-order valence-corrected chi connectivity index (χ1v) is 15.2. The predicted octanol–water partition coefficient (Wildman–Crippen LogP) is 4.86. The number of aromatic hydroxyl groups is 2. The fourth-order valence-electron chi connectivity index (χ4n) is 4.78. The number of phenolic OH excluding ortho intramolecular Hbond substituents is 2. The Bertz CT molecular complexity index is 1150. The minimum atomic E-state index is -1.08. The third kappa shape index (κ3) is 16.1. The maximum Gasteiger partial charge on any atom is 2.00 e. The Labute approximate surface area is 273 Å². The average molecular weight is 654 g/mol. The van der Waals surface area contributed by atoms with Crippen molar-refractivity contribution in [2.75, 3.05) is 0 Å². The van der Waals surface area contributed by atoms with E-state index in [1.807, 2.05) is 26.3 Å². The first kappa shape index (κ1) is 40.8. The van der Waals surface area contributed by atoms with Gasteiger partial charge in [0.2, 0.25) is 0 Å². The summed E-state index contributed by atoms with van der Waals surface area (Å²) in [5.74, 6) is -0.229. The van der Waals surface area contributed by atoms with E-state index >= 15 is 0 Å². The van der Waals surface area contributed by atoms with Gasteiger partial charge in [-0.05, 0) is 119 Å². The Morgan fingerprint density at radius 3 is 1.39 bits per heavy atom. The van der Waals surface area contributed by atoms with Crippen molar-refractivity contribution >= 4 is 24.4 Å². The summed E-state index contributed by atoms with van der Waals surface area (Å²) in [4.78, 5) is 27.5. The van der Waals surface area contributed by atoms with Crippen LogP contribution in [0.15, 0.2) is 34.3 Å². The van der Waals surface area contributed by atoms with E-state index in [0.717, 1.165) is 81.0 Å². The standard InChI is InChI=1S/C31H44N2O2.2C2H4O2.Co/c1-20(2)10-12-24-14-22(5)30(34)26(16-24)18-32-28-8-7-9-29(28)33-19-27-17-25(13-11-21(3)4)15-23(6)31(27)35;2*1-2(3)4;/h14-21,28-29,34-35H,7-13H2,1-6H3;2*1H3,(H,3,4);/q;;;+2/p-2.